The van der Waals surface area contributed by atoms with Gasteiger partial charge in [0.15, 0.2) is 11.3 Å². The summed E-state index contributed by atoms with van der Waals surface area (Å²) in [6.07, 6.45) is 0. The second-order valence-electron chi connectivity index (χ2n) is 6.91. The molecule has 0 saturated carbocycles. The lowest BCUT2D eigenvalue weighted by atomic mass is 10.2. The van der Waals surface area contributed by atoms with Gasteiger partial charge in [-0.3, -0.25) is 4.79 Å². The quantitative estimate of drug-likeness (QED) is 0.393. The van der Waals surface area contributed by atoms with Crippen LogP contribution in [0, 0.1) is 0 Å². The van der Waals surface area contributed by atoms with Crippen LogP contribution in [0.4, 0.5) is 0 Å². The lowest BCUT2D eigenvalue weighted by Crippen LogP contribution is -2.20. The SMILES string of the molecule is O=c1c2ccccc2nc2c3cc4cc(Cl)ccc4nc3n(-c3ccccc3)n12. The molecule has 0 atom stereocenters. The van der Waals surface area contributed by atoms with Crippen molar-refractivity contribution in [2.45, 2.75) is 0 Å². The van der Waals surface area contributed by atoms with Gasteiger partial charge in [0.2, 0.25) is 0 Å². The average Bonchev–Trinajstić information content (AvgIpc) is 3.06. The van der Waals surface area contributed by atoms with E-state index in [2.05, 4.69) is 0 Å². The molecule has 3 heterocycles. The topological polar surface area (TPSA) is 52.2 Å². The van der Waals surface area contributed by atoms with Crippen LogP contribution in [0.2, 0.25) is 5.02 Å². The molecular weight excluding hydrogens is 384 g/mol. The van der Waals surface area contributed by atoms with Gasteiger partial charge in [-0.2, -0.15) is 4.52 Å². The second-order valence-corrected chi connectivity index (χ2v) is 7.35. The van der Waals surface area contributed by atoms with E-state index in [9.17, 15) is 4.79 Å². The van der Waals surface area contributed by atoms with Crippen molar-refractivity contribution >= 4 is 50.1 Å². The maximum Gasteiger partial charge on any atom is 0.281 e. The summed E-state index contributed by atoms with van der Waals surface area (Å²) in [6, 6.07) is 24.7. The van der Waals surface area contributed by atoms with E-state index in [0.717, 1.165) is 22.0 Å². The molecule has 0 saturated heterocycles. The molecule has 0 amide bonds. The Labute approximate surface area is 169 Å². The smallest absolute Gasteiger partial charge is 0.267 e. The Bertz CT molecular complexity index is 1630. The van der Waals surface area contributed by atoms with E-state index in [1.807, 2.05) is 77.5 Å². The molecule has 0 N–H and O–H groups in total. The van der Waals surface area contributed by atoms with Crippen molar-refractivity contribution in [1.29, 1.82) is 0 Å². The monoisotopic (exact) mass is 396 g/mol. The van der Waals surface area contributed by atoms with Crippen molar-refractivity contribution in [2.24, 2.45) is 0 Å². The van der Waals surface area contributed by atoms with E-state index in [1.165, 1.54) is 0 Å². The highest BCUT2D eigenvalue weighted by Crippen LogP contribution is 2.28. The Morgan fingerprint density at radius 2 is 1.48 bits per heavy atom. The maximum absolute atomic E-state index is 13.5. The Kier molecular flexibility index (Phi) is 3.31. The summed E-state index contributed by atoms with van der Waals surface area (Å²) in [7, 11) is 0. The molecule has 29 heavy (non-hydrogen) atoms. The lowest BCUT2D eigenvalue weighted by Gasteiger charge is -2.08. The molecule has 138 valence electrons. The molecule has 0 aliphatic heterocycles. The fraction of sp³-hybridized carbons (Fsp3) is 0. The van der Waals surface area contributed by atoms with Crippen molar-refractivity contribution in [1.82, 2.24) is 19.2 Å². The highest BCUT2D eigenvalue weighted by molar-refractivity contribution is 6.31. The minimum absolute atomic E-state index is 0.130. The van der Waals surface area contributed by atoms with Crippen LogP contribution >= 0.6 is 11.6 Å². The summed E-state index contributed by atoms with van der Waals surface area (Å²) in [6.45, 7) is 0. The zero-order chi connectivity index (χ0) is 19.5. The fourth-order valence-corrected chi connectivity index (χ4v) is 4.03. The summed E-state index contributed by atoms with van der Waals surface area (Å²) in [5.41, 5.74) is 3.42. The molecule has 0 spiro atoms. The summed E-state index contributed by atoms with van der Waals surface area (Å²) in [5.74, 6) is 0. The number of benzene rings is 3. The maximum atomic E-state index is 13.5. The number of pyridine rings is 1. The van der Waals surface area contributed by atoms with E-state index in [1.54, 1.807) is 10.6 Å². The number of halogens is 1. The predicted molar refractivity (Wildman–Crippen MR) is 116 cm³/mol. The van der Waals surface area contributed by atoms with Gasteiger partial charge in [0.05, 0.1) is 27.5 Å². The van der Waals surface area contributed by atoms with Gasteiger partial charge in [0.1, 0.15) is 0 Å². The fourth-order valence-electron chi connectivity index (χ4n) is 3.85. The Hall–Kier alpha value is -3.70. The molecule has 3 aromatic carbocycles. The molecule has 0 aliphatic carbocycles. The Morgan fingerprint density at radius 1 is 0.724 bits per heavy atom. The van der Waals surface area contributed by atoms with E-state index in [-0.39, 0.29) is 5.56 Å². The zero-order valence-electron chi connectivity index (χ0n) is 15.1. The highest BCUT2D eigenvalue weighted by Gasteiger charge is 2.18. The van der Waals surface area contributed by atoms with Gasteiger partial charge < -0.3 is 0 Å². The van der Waals surface area contributed by atoms with Crippen LogP contribution in [0.15, 0.2) is 83.7 Å². The molecule has 0 unspecified atom stereocenters. The third-order valence-electron chi connectivity index (χ3n) is 5.15. The van der Waals surface area contributed by atoms with Crippen LogP contribution in [0.1, 0.15) is 0 Å². The van der Waals surface area contributed by atoms with Crippen LogP contribution in [-0.4, -0.2) is 19.2 Å². The molecule has 0 radical (unpaired) electrons. The van der Waals surface area contributed by atoms with Gasteiger partial charge >= 0.3 is 0 Å². The van der Waals surface area contributed by atoms with Gasteiger partial charge in [-0.1, -0.05) is 41.9 Å². The van der Waals surface area contributed by atoms with Gasteiger partial charge in [-0.15, -0.1) is 0 Å². The summed E-state index contributed by atoms with van der Waals surface area (Å²) in [4.78, 5) is 23.1. The summed E-state index contributed by atoms with van der Waals surface area (Å²) >= 11 is 6.19. The van der Waals surface area contributed by atoms with Gasteiger partial charge in [0, 0.05) is 10.4 Å². The molecular formula is C23H13ClN4O. The van der Waals surface area contributed by atoms with Crippen LogP contribution in [-0.2, 0) is 0 Å². The van der Waals surface area contributed by atoms with Crippen LogP contribution in [0.3, 0.4) is 0 Å². The molecule has 6 aromatic rings. The summed E-state index contributed by atoms with van der Waals surface area (Å²) < 4.78 is 3.44. The van der Waals surface area contributed by atoms with Gasteiger partial charge in [0.25, 0.3) is 5.56 Å². The van der Waals surface area contributed by atoms with E-state index >= 15 is 0 Å². The van der Waals surface area contributed by atoms with E-state index in [0.29, 0.717) is 27.2 Å². The summed E-state index contributed by atoms with van der Waals surface area (Å²) in [5, 5.41) is 2.91. The average molecular weight is 397 g/mol. The third kappa shape index (κ3) is 2.31. The number of fused-ring (bicyclic) bond motifs is 5. The minimum Gasteiger partial charge on any atom is -0.267 e. The first-order valence-electron chi connectivity index (χ1n) is 9.19. The van der Waals surface area contributed by atoms with Crippen molar-refractivity contribution < 1.29 is 0 Å². The molecule has 5 nitrogen and oxygen atoms in total. The van der Waals surface area contributed by atoms with Crippen LogP contribution in [0.25, 0.3) is 44.2 Å². The Morgan fingerprint density at radius 3 is 2.34 bits per heavy atom. The standard InChI is InChI=1S/C23H13ClN4O/c24-15-10-11-19-14(12-15)13-18-21(25-19)27(16-6-2-1-3-7-16)28-22(18)26-20-9-5-4-8-17(20)23(28)29/h1-13H. The van der Waals surface area contributed by atoms with E-state index in [4.69, 9.17) is 21.6 Å². The molecule has 0 fully saturated rings. The number of para-hydroxylation sites is 2. The number of hydrogen-bond donors (Lipinski definition) is 0. The first kappa shape index (κ1) is 16.3. The van der Waals surface area contributed by atoms with Gasteiger partial charge in [-0.25, -0.2) is 14.6 Å². The van der Waals surface area contributed by atoms with Crippen molar-refractivity contribution in [3.05, 3.63) is 94.2 Å². The molecule has 6 rings (SSSR count). The van der Waals surface area contributed by atoms with Crippen LogP contribution in [0.5, 0.6) is 0 Å². The van der Waals surface area contributed by atoms with E-state index < -0.39 is 0 Å². The molecule has 0 bridgehead atoms. The molecule has 3 aromatic heterocycles. The third-order valence-corrected chi connectivity index (χ3v) is 5.39. The van der Waals surface area contributed by atoms with Crippen molar-refractivity contribution in [3.63, 3.8) is 0 Å². The zero-order valence-corrected chi connectivity index (χ0v) is 15.8. The van der Waals surface area contributed by atoms with Crippen molar-refractivity contribution in [3.8, 4) is 5.69 Å². The lowest BCUT2D eigenvalue weighted by molar-refractivity contribution is 0.788. The molecule has 0 aliphatic rings. The minimum atomic E-state index is -0.130. The van der Waals surface area contributed by atoms with Gasteiger partial charge in [-0.05, 0) is 48.5 Å². The Balaban J connectivity index is 1.92. The largest absolute Gasteiger partial charge is 0.281 e. The second kappa shape index (κ2) is 5.90. The first-order chi connectivity index (χ1) is 14.2. The number of aromatic nitrogens is 4. The normalized spacial score (nSPS) is 11.8. The highest BCUT2D eigenvalue weighted by atomic mass is 35.5. The molecule has 6 heteroatoms. The first-order valence-corrected chi connectivity index (χ1v) is 9.56. The predicted octanol–water partition coefficient (Wildman–Crippen LogP) is 4.99. The number of rotatable bonds is 1. The number of nitrogens with zero attached hydrogens (tertiary/aromatic N) is 4. The number of hydrogen-bond acceptors (Lipinski definition) is 3. The van der Waals surface area contributed by atoms with Crippen LogP contribution < -0.4 is 5.56 Å². The van der Waals surface area contributed by atoms with Crippen molar-refractivity contribution in [2.75, 3.05) is 0 Å².